The lowest BCUT2D eigenvalue weighted by molar-refractivity contribution is 0.669. The fourth-order valence-corrected chi connectivity index (χ4v) is 9.09. The maximum atomic E-state index is 6.82. The van der Waals surface area contributed by atoms with Crippen LogP contribution in [-0.2, 0) is 0 Å². The van der Waals surface area contributed by atoms with Gasteiger partial charge in [-0.2, -0.15) is 0 Å². The Morgan fingerprint density at radius 1 is 0.420 bits per heavy atom. The van der Waals surface area contributed by atoms with Crippen LogP contribution in [0, 0.1) is 0 Å². The molecular formula is C46H27NO2S. The van der Waals surface area contributed by atoms with Crippen molar-refractivity contribution in [2.24, 2.45) is 0 Å². The van der Waals surface area contributed by atoms with Crippen LogP contribution in [0.1, 0.15) is 0 Å². The third-order valence-corrected chi connectivity index (χ3v) is 11.3. The van der Waals surface area contributed by atoms with E-state index in [2.05, 4.69) is 157 Å². The highest BCUT2D eigenvalue weighted by Crippen LogP contribution is 2.48. The zero-order chi connectivity index (χ0) is 32.8. The van der Waals surface area contributed by atoms with E-state index in [0.717, 1.165) is 66.7 Å². The Kier molecular flexibility index (Phi) is 5.83. The topological polar surface area (TPSA) is 29.5 Å². The van der Waals surface area contributed by atoms with Crippen LogP contribution in [0.2, 0.25) is 0 Å². The van der Waals surface area contributed by atoms with E-state index in [0.29, 0.717) is 0 Å². The van der Waals surface area contributed by atoms with Gasteiger partial charge >= 0.3 is 0 Å². The van der Waals surface area contributed by atoms with Crippen molar-refractivity contribution in [1.29, 1.82) is 0 Å². The quantitative estimate of drug-likeness (QED) is 0.189. The second kappa shape index (κ2) is 10.6. The summed E-state index contributed by atoms with van der Waals surface area (Å²) < 4.78 is 15.8. The molecule has 4 heteroatoms. The highest BCUT2D eigenvalue weighted by atomic mass is 32.1. The summed E-state index contributed by atoms with van der Waals surface area (Å²) in [5, 5.41) is 9.71. The Morgan fingerprint density at radius 2 is 1.14 bits per heavy atom. The van der Waals surface area contributed by atoms with Gasteiger partial charge in [-0.05, 0) is 70.9 Å². The van der Waals surface area contributed by atoms with Gasteiger partial charge in [0.05, 0.1) is 5.69 Å². The first-order valence-corrected chi connectivity index (χ1v) is 17.7. The van der Waals surface area contributed by atoms with Crippen LogP contribution >= 0.6 is 11.3 Å². The molecule has 8 aromatic carbocycles. The molecule has 3 aromatic heterocycles. The summed E-state index contributed by atoms with van der Waals surface area (Å²) in [7, 11) is 0. The van der Waals surface area contributed by atoms with E-state index < -0.39 is 0 Å². The molecule has 0 aliphatic heterocycles. The molecule has 0 saturated heterocycles. The molecule has 0 unspecified atom stereocenters. The van der Waals surface area contributed by atoms with Crippen molar-refractivity contribution >= 4 is 103 Å². The van der Waals surface area contributed by atoms with Gasteiger partial charge in [-0.1, -0.05) is 109 Å². The number of anilines is 3. The van der Waals surface area contributed by atoms with Crippen LogP contribution in [0.3, 0.4) is 0 Å². The van der Waals surface area contributed by atoms with Crippen molar-refractivity contribution in [3.63, 3.8) is 0 Å². The molecular weight excluding hydrogens is 631 g/mol. The fraction of sp³-hybridized carbons (Fsp3) is 0. The number of hydrogen-bond acceptors (Lipinski definition) is 4. The molecule has 3 nitrogen and oxygen atoms in total. The number of furan rings is 2. The molecule has 0 fully saturated rings. The highest BCUT2D eigenvalue weighted by molar-refractivity contribution is 7.27. The van der Waals surface area contributed by atoms with Crippen LogP contribution in [0.4, 0.5) is 17.1 Å². The largest absolute Gasteiger partial charge is 0.455 e. The summed E-state index contributed by atoms with van der Waals surface area (Å²) in [6, 6.07) is 58.0. The first-order chi connectivity index (χ1) is 24.8. The van der Waals surface area contributed by atoms with E-state index >= 15 is 0 Å². The Bertz CT molecular complexity index is 3090. The standard InChI is InChI=1S/C46H27NO2S/c1-2-11-30(12-3-1)47(31-23-20-29(21-24-31)33-15-8-16-35-34-14-6-7-19-39(34)48-44(33)35)38-18-9-17-36-43-40(49-45(36)38)26-25-37-42-32-13-5-4-10-28(32)22-27-41(42)50-46(37)43/h1-27H. The van der Waals surface area contributed by atoms with Gasteiger partial charge in [0.1, 0.15) is 16.7 Å². The summed E-state index contributed by atoms with van der Waals surface area (Å²) in [4.78, 5) is 2.30. The molecule has 0 bridgehead atoms. The molecule has 0 atom stereocenters. The van der Waals surface area contributed by atoms with Gasteiger partial charge in [0.15, 0.2) is 5.58 Å². The van der Waals surface area contributed by atoms with Crippen LogP contribution < -0.4 is 4.90 Å². The average Bonchev–Trinajstić information content (AvgIpc) is 3.87. The molecule has 0 spiro atoms. The highest BCUT2D eigenvalue weighted by Gasteiger charge is 2.22. The molecule has 50 heavy (non-hydrogen) atoms. The Hall–Kier alpha value is -6.36. The SMILES string of the molecule is c1ccc(N(c2ccc(-c3cccc4c3oc3ccccc34)cc2)c2cccc3c2oc2ccc4c(sc5ccc6ccccc6c54)c23)cc1. The summed E-state index contributed by atoms with van der Waals surface area (Å²) in [5.41, 5.74) is 8.88. The maximum absolute atomic E-state index is 6.82. The molecule has 234 valence electrons. The number of fused-ring (bicyclic) bond motifs is 12. The van der Waals surface area contributed by atoms with Gasteiger partial charge in [-0.15, -0.1) is 11.3 Å². The van der Waals surface area contributed by atoms with Crippen LogP contribution in [-0.4, -0.2) is 0 Å². The van der Waals surface area contributed by atoms with Crippen molar-refractivity contribution < 1.29 is 8.83 Å². The molecule has 0 N–H and O–H groups in total. The zero-order valence-electron chi connectivity index (χ0n) is 26.8. The number of thiophene rings is 1. The molecule has 11 rings (SSSR count). The first kappa shape index (κ1) is 27.6. The minimum absolute atomic E-state index is 0.872. The monoisotopic (exact) mass is 657 g/mol. The molecule has 11 aromatic rings. The normalized spacial score (nSPS) is 12.0. The van der Waals surface area contributed by atoms with Gasteiger partial charge < -0.3 is 13.7 Å². The number of rotatable bonds is 4. The third-order valence-electron chi connectivity index (χ3n) is 10.1. The number of benzene rings is 8. The van der Waals surface area contributed by atoms with E-state index in [-0.39, 0.29) is 0 Å². The van der Waals surface area contributed by atoms with Crippen molar-refractivity contribution in [3.05, 3.63) is 164 Å². The van der Waals surface area contributed by atoms with Crippen LogP contribution in [0.25, 0.3) is 85.9 Å². The summed E-state index contributed by atoms with van der Waals surface area (Å²) in [6.07, 6.45) is 0. The van der Waals surface area contributed by atoms with Gasteiger partial charge in [-0.25, -0.2) is 0 Å². The zero-order valence-corrected chi connectivity index (χ0v) is 27.6. The fourth-order valence-electron chi connectivity index (χ4n) is 7.82. The second-order valence-electron chi connectivity index (χ2n) is 12.8. The van der Waals surface area contributed by atoms with Gasteiger partial charge in [0.2, 0.25) is 0 Å². The Labute approximate surface area is 290 Å². The van der Waals surface area contributed by atoms with Crippen molar-refractivity contribution in [3.8, 4) is 11.1 Å². The molecule has 3 heterocycles. The van der Waals surface area contributed by atoms with E-state index in [1.165, 1.54) is 36.3 Å². The summed E-state index contributed by atoms with van der Waals surface area (Å²) in [5.74, 6) is 0. The van der Waals surface area contributed by atoms with Crippen molar-refractivity contribution in [1.82, 2.24) is 0 Å². The van der Waals surface area contributed by atoms with Crippen LogP contribution in [0.5, 0.6) is 0 Å². The average molecular weight is 658 g/mol. The Morgan fingerprint density at radius 3 is 2.04 bits per heavy atom. The van der Waals surface area contributed by atoms with Gasteiger partial charge in [-0.3, -0.25) is 0 Å². The van der Waals surface area contributed by atoms with E-state index in [9.17, 15) is 0 Å². The number of nitrogens with zero attached hydrogens (tertiary/aromatic N) is 1. The minimum Gasteiger partial charge on any atom is -0.455 e. The first-order valence-electron chi connectivity index (χ1n) is 16.8. The minimum atomic E-state index is 0.872. The molecule has 0 radical (unpaired) electrons. The summed E-state index contributed by atoms with van der Waals surface area (Å²) >= 11 is 1.85. The van der Waals surface area contributed by atoms with E-state index in [4.69, 9.17) is 8.83 Å². The maximum Gasteiger partial charge on any atom is 0.159 e. The number of hydrogen-bond donors (Lipinski definition) is 0. The van der Waals surface area contributed by atoms with Gasteiger partial charge in [0, 0.05) is 58.7 Å². The van der Waals surface area contributed by atoms with Crippen LogP contribution in [0.15, 0.2) is 173 Å². The molecule has 0 aliphatic rings. The number of para-hydroxylation sites is 4. The summed E-state index contributed by atoms with van der Waals surface area (Å²) in [6.45, 7) is 0. The van der Waals surface area contributed by atoms with Crippen molar-refractivity contribution in [2.45, 2.75) is 0 Å². The molecule has 0 amide bonds. The lowest BCUT2D eigenvalue weighted by Crippen LogP contribution is -2.10. The van der Waals surface area contributed by atoms with Gasteiger partial charge in [0.25, 0.3) is 0 Å². The van der Waals surface area contributed by atoms with Crippen molar-refractivity contribution in [2.75, 3.05) is 4.90 Å². The predicted molar refractivity (Wildman–Crippen MR) is 212 cm³/mol. The Balaban J connectivity index is 1.10. The van der Waals surface area contributed by atoms with E-state index in [1.807, 2.05) is 23.5 Å². The smallest absolute Gasteiger partial charge is 0.159 e. The molecule has 0 aliphatic carbocycles. The third kappa shape index (κ3) is 3.97. The lowest BCUT2D eigenvalue weighted by Gasteiger charge is -2.25. The predicted octanol–water partition coefficient (Wildman–Crippen LogP) is 14.1. The van der Waals surface area contributed by atoms with E-state index in [1.54, 1.807) is 0 Å². The lowest BCUT2D eigenvalue weighted by atomic mass is 10.0. The molecule has 0 saturated carbocycles. The second-order valence-corrected chi connectivity index (χ2v) is 13.9.